The SMILES string of the molecule is O=C(Nc1cc(Cl)ccc1Br)c1cccc(Br)n1. The molecule has 0 aliphatic heterocycles. The molecule has 92 valence electrons. The Balaban J connectivity index is 2.24. The van der Waals surface area contributed by atoms with Gasteiger partial charge in [-0.1, -0.05) is 17.7 Å². The van der Waals surface area contributed by atoms with Gasteiger partial charge in [-0.3, -0.25) is 4.79 Å². The molecule has 0 bridgehead atoms. The fraction of sp³-hybridized carbons (Fsp3) is 0. The van der Waals surface area contributed by atoms with Crippen LogP contribution in [0.1, 0.15) is 10.5 Å². The van der Waals surface area contributed by atoms with Crippen molar-refractivity contribution in [2.75, 3.05) is 5.32 Å². The van der Waals surface area contributed by atoms with Crippen molar-refractivity contribution in [3.63, 3.8) is 0 Å². The first-order valence-electron chi connectivity index (χ1n) is 4.95. The molecule has 6 heteroatoms. The number of hydrogen-bond donors (Lipinski definition) is 1. The van der Waals surface area contributed by atoms with Crippen LogP contribution in [0.3, 0.4) is 0 Å². The van der Waals surface area contributed by atoms with E-state index in [1.165, 1.54) is 0 Å². The molecule has 0 fully saturated rings. The van der Waals surface area contributed by atoms with Gasteiger partial charge in [0.2, 0.25) is 0 Å². The molecule has 1 aromatic carbocycles. The van der Waals surface area contributed by atoms with Crippen LogP contribution in [-0.4, -0.2) is 10.9 Å². The Morgan fingerprint density at radius 3 is 2.72 bits per heavy atom. The van der Waals surface area contributed by atoms with E-state index in [1.807, 2.05) is 0 Å². The summed E-state index contributed by atoms with van der Waals surface area (Å²) in [6.07, 6.45) is 0. The van der Waals surface area contributed by atoms with Crippen molar-refractivity contribution < 1.29 is 4.79 Å². The highest BCUT2D eigenvalue weighted by Crippen LogP contribution is 2.26. The average Bonchev–Trinajstić information content (AvgIpc) is 2.34. The molecule has 0 saturated carbocycles. The van der Waals surface area contributed by atoms with Gasteiger partial charge in [0, 0.05) is 9.50 Å². The molecule has 0 atom stereocenters. The molecule has 1 N–H and O–H groups in total. The molecule has 0 aliphatic rings. The molecule has 0 spiro atoms. The van der Waals surface area contributed by atoms with Crippen LogP contribution < -0.4 is 5.32 Å². The third kappa shape index (κ3) is 3.31. The summed E-state index contributed by atoms with van der Waals surface area (Å²) in [6.45, 7) is 0. The maximum absolute atomic E-state index is 12.0. The highest BCUT2D eigenvalue weighted by molar-refractivity contribution is 9.10. The predicted octanol–water partition coefficient (Wildman–Crippen LogP) is 4.51. The smallest absolute Gasteiger partial charge is 0.274 e. The number of rotatable bonds is 2. The Bertz CT molecular complexity index is 604. The molecular formula is C12H7Br2ClN2O. The van der Waals surface area contributed by atoms with Gasteiger partial charge in [0.1, 0.15) is 10.3 Å². The molecule has 0 aliphatic carbocycles. The van der Waals surface area contributed by atoms with Crippen molar-refractivity contribution in [3.05, 3.63) is 56.2 Å². The molecule has 0 saturated heterocycles. The summed E-state index contributed by atoms with van der Waals surface area (Å²) in [5.74, 6) is -0.292. The zero-order valence-corrected chi connectivity index (χ0v) is 12.9. The fourth-order valence-electron chi connectivity index (χ4n) is 1.31. The largest absolute Gasteiger partial charge is 0.320 e. The summed E-state index contributed by atoms with van der Waals surface area (Å²) in [5, 5.41) is 3.29. The lowest BCUT2D eigenvalue weighted by Gasteiger charge is -2.07. The number of carbonyl (C=O) groups excluding carboxylic acids is 1. The molecule has 1 aromatic heterocycles. The predicted molar refractivity (Wildman–Crippen MR) is 79.0 cm³/mol. The maximum atomic E-state index is 12.0. The molecule has 2 aromatic rings. The van der Waals surface area contributed by atoms with E-state index in [0.29, 0.717) is 21.0 Å². The van der Waals surface area contributed by atoms with Crippen LogP contribution >= 0.6 is 43.5 Å². The van der Waals surface area contributed by atoms with Crippen molar-refractivity contribution in [1.82, 2.24) is 4.98 Å². The maximum Gasteiger partial charge on any atom is 0.274 e. The second-order valence-electron chi connectivity index (χ2n) is 3.42. The quantitative estimate of drug-likeness (QED) is 0.767. The number of amides is 1. The van der Waals surface area contributed by atoms with Gasteiger partial charge in [-0.15, -0.1) is 0 Å². The first-order valence-corrected chi connectivity index (χ1v) is 6.91. The van der Waals surface area contributed by atoms with Crippen molar-refractivity contribution in [3.8, 4) is 0 Å². The topological polar surface area (TPSA) is 42.0 Å². The van der Waals surface area contributed by atoms with E-state index in [-0.39, 0.29) is 5.91 Å². The minimum Gasteiger partial charge on any atom is -0.320 e. The van der Waals surface area contributed by atoms with Gasteiger partial charge in [-0.25, -0.2) is 4.98 Å². The Morgan fingerprint density at radius 1 is 1.22 bits per heavy atom. The van der Waals surface area contributed by atoms with Crippen molar-refractivity contribution in [1.29, 1.82) is 0 Å². The molecule has 0 unspecified atom stereocenters. The first kappa shape index (κ1) is 13.5. The Kier molecular flexibility index (Phi) is 4.37. The minimum atomic E-state index is -0.292. The third-order valence-corrected chi connectivity index (χ3v) is 3.49. The van der Waals surface area contributed by atoms with Crippen LogP contribution in [0.25, 0.3) is 0 Å². The van der Waals surface area contributed by atoms with Crippen LogP contribution in [0.15, 0.2) is 45.5 Å². The van der Waals surface area contributed by atoms with Crippen LogP contribution in [-0.2, 0) is 0 Å². The van der Waals surface area contributed by atoms with Gasteiger partial charge >= 0.3 is 0 Å². The second-order valence-corrected chi connectivity index (χ2v) is 5.53. The van der Waals surface area contributed by atoms with Crippen molar-refractivity contribution in [2.45, 2.75) is 0 Å². The fourth-order valence-corrected chi connectivity index (χ4v) is 2.18. The molecule has 18 heavy (non-hydrogen) atoms. The summed E-state index contributed by atoms with van der Waals surface area (Å²) in [5.41, 5.74) is 0.936. The number of carbonyl (C=O) groups is 1. The van der Waals surface area contributed by atoms with E-state index >= 15 is 0 Å². The summed E-state index contributed by atoms with van der Waals surface area (Å²) in [4.78, 5) is 16.0. The monoisotopic (exact) mass is 388 g/mol. The number of nitrogens with one attached hydrogen (secondary N) is 1. The normalized spacial score (nSPS) is 10.2. The number of pyridine rings is 1. The molecule has 0 radical (unpaired) electrons. The van der Waals surface area contributed by atoms with Gasteiger partial charge < -0.3 is 5.32 Å². The number of anilines is 1. The third-order valence-electron chi connectivity index (χ3n) is 2.12. The molecular weight excluding hydrogens is 383 g/mol. The number of hydrogen-bond acceptors (Lipinski definition) is 2. The lowest BCUT2D eigenvalue weighted by atomic mass is 10.3. The summed E-state index contributed by atoms with van der Waals surface area (Å²) in [6, 6.07) is 10.3. The van der Waals surface area contributed by atoms with Gasteiger partial charge in [0.25, 0.3) is 5.91 Å². The first-order chi connectivity index (χ1) is 8.56. The van der Waals surface area contributed by atoms with Gasteiger partial charge in [0.15, 0.2) is 0 Å². The number of nitrogens with zero attached hydrogens (tertiary/aromatic N) is 1. The molecule has 2 rings (SSSR count). The highest BCUT2D eigenvalue weighted by atomic mass is 79.9. The summed E-state index contributed by atoms with van der Waals surface area (Å²) < 4.78 is 1.37. The number of halogens is 3. The van der Waals surface area contributed by atoms with E-state index in [1.54, 1.807) is 36.4 Å². The lowest BCUT2D eigenvalue weighted by molar-refractivity contribution is 0.102. The van der Waals surface area contributed by atoms with E-state index < -0.39 is 0 Å². The van der Waals surface area contributed by atoms with Crippen molar-refractivity contribution in [2.24, 2.45) is 0 Å². The van der Waals surface area contributed by atoms with Crippen LogP contribution in [0.4, 0.5) is 5.69 Å². The lowest BCUT2D eigenvalue weighted by Crippen LogP contribution is -2.14. The zero-order chi connectivity index (χ0) is 13.1. The minimum absolute atomic E-state index is 0.292. The van der Waals surface area contributed by atoms with Crippen LogP contribution in [0, 0.1) is 0 Å². The van der Waals surface area contributed by atoms with Crippen LogP contribution in [0.2, 0.25) is 5.02 Å². The molecule has 1 heterocycles. The van der Waals surface area contributed by atoms with E-state index in [4.69, 9.17) is 11.6 Å². The van der Waals surface area contributed by atoms with Crippen LogP contribution in [0.5, 0.6) is 0 Å². The Morgan fingerprint density at radius 2 is 2.00 bits per heavy atom. The average molecular weight is 390 g/mol. The Labute approximate surface area is 126 Å². The molecule has 1 amide bonds. The molecule has 3 nitrogen and oxygen atoms in total. The van der Waals surface area contributed by atoms with E-state index in [0.717, 1.165) is 4.47 Å². The number of aromatic nitrogens is 1. The number of benzene rings is 1. The van der Waals surface area contributed by atoms with Crippen molar-refractivity contribution >= 4 is 55.1 Å². The zero-order valence-electron chi connectivity index (χ0n) is 8.95. The Hall–Kier alpha value is -0.910. The van der Waals surface area contributed by atoms with Gasteiger partial charge in [-0.05, 0) is 62.2 Å². The standard InChI is InChI=1S/C12H7Br2ClN2O/c13-8-5-4-7(15)6-10(8)17-12(18)9-2-1-3-11(14)16-9/h1-6H,(H,17,18). The van der Waals surface area contributed by atoms with E-state index in [9.17, 15) is 4.79 Å². The second kappa shape index (κ2) is 5.82. The highest BCUT2D eigenvalue weighted by Gasteiger charge is 2.10. The van der Waals surface area contributed by atoms with Gasteiger partial charge in [-0.2, -0.15) is 0 Å². The van der Waals surface area contributed by atoms with Gasteiger partial charge in [0.05, 0.1) is 5.69 Å². The summed E-state index contributed by atoms with van der Waals surface area (Å²) >= 11 is 12.4. The summed E-state index contributed by atoms with van der Waals surface area (Å²) in [7, 11) is 0. The van der Waals surface area contributed by atoms with E-state index in [2.05, 4.69) is 42.2 Å².